The molecule has 1 nitrogen and oxygen atoms in total. The third-order valence-corrected chi connectivity index (χ3v) is 12.4. The van der Waals surface area contributed by atoms with Crippen LogP contribution in [0.2, 0.25) is 11.6 Å². The summed E-state index contributed by atoms with van der Waals surface area (Å²) in [5.74, 6) is 5.03. The second kappa shape index (κ2) is 6.13. The molecule has 0 amide bonds. The van der Waals surface area contributed by atoms with Crippen molar-refractivity contribution in [1.82, 2.24) is 0 Å². The van der Waals surface area contributed by atoms with E-state index >= 15 is 0 Å². The zero-order valence-corrected chi connectivity index (χ0v) is 18.4. The van der Waals surface area contributed by atoms with Gasteiger partial charge in [0, 0.05) is 0 Å². The molecule has 0 saturated carbocycles. The first kappa shape index (κ1) is 17.2. The van der Waals surface area contributed by atoms with E-state index in [4.69, 9.17) is 0 Å². The molecule has 0 bridgehead atoms. The third-order valence-electron chi connectivity index (χ3n) is 6.39. The van der Waals surface area contributed by atoms with Gasteiger partial charge >= 0.3 is 176 Å². The maximum absolute atomic E-state index is 2.54. The fourth-order valence-electron chi connectivity index (χ4n) is 5.09. The van der Waals surface area contributed by atoms with Gasteiger partial charge in [0.05, 0.1) is 0 Å². The fraction of sp³-hybridized carbons (Fsp3) is 0.0769. The van der Waals surface area contributed by atoms with Crippen molar-refractivity contribution in [3.05, 3.63) is 97.1 Å². The van der Waals surface area contributed by atoms with Crippen LogP contribution in [0.5, 0.6) is 0 Å². The number of anilines is 3. The molecule has 4 aromatic rings. The third kappa shape index (κ3) is 2.29. The first-order valence-electron chi connectivity index (χ1n) is 10.1. The van der Waals surface area contributed by atoms with E-state index in [1.54, 1.807) is 8.92 Å². The van der Waals surface area contributed by atoms with Crippen LogP contribution in [-0.4, -0.2) is 19.6 Å². The van der Waals surface area contributed by atoms with Gasteiger partial charge in [-0.1, -0.05) is 0 Å². The molecule has 3 heteroatoms. The van der Waals surface area contributed by atoms with Gasteiger partial charge in [-0.3, -0.25) is 0 Å². The van der Waals surface area contributed by atoms with Gasteiger partial charge in [-0.25, -0.2) is 0 Å². The molecular formula is C26H22BNSe. The summed E-state index contributed by atoms with van der Waals surface area (Å²) in [5.41, 5.74) is 8.32. The Hall–Kier alpha value is -2.74. The SMILES string of the molecule is C[Se]1(C)c2ccccc2N2c3ccccc3B(c3ccccc3)c3cccc1c32. The van der Waals surface area contributed by atoms with E-state index in [1.165, 1.54) is 33.5 Å². The van der Waals surface area contributed by atoms with Crippen molar-refractivity contribution in [2.24, 2.45) is 0 Å². The topological polar surface area (TPSA) is 3.24 Å². The van der Waals surface area contributed by atoms with Crippen LogP contribution in [0.15, 0.2) is 97.1 Å². The van der Waals surface area contributed by atoms with Crippen LogP contribution < -0.4 is 30.2 Å². The van der Waals surface area contributed by atoms with E-state index in [9.17, 15) is 0 Å². The summed E-state index contributed by atoms with van der Waals surface area (Å²) in [6.07, 6.45) is 0. The Labute approximate surface area is 175 Å². The zero-order valence-electron chi connectivity index (χ0n) is 16.7. The molecule has 4 aromatic carbocycles. The van der Waals surface area contributed by atoms with E-state index in [2.05, 4.69) is 114 Å². The first-order chi connectivity index (χ1) is 14.2. The van der Waals surface area contributed by atoms with E-state index < -0.39 is 12.8 Å². The molecule has 0 spiro atoms. The molecule has 0 fully saturated rings. The van der Waals surface area contributed by atoms with E-state index in [-0.39, 0.29) is 6.71 Å². The van der Waals surface area contributed by atoms with Crippen molar-refractivity contribution in [2.45, 2.75) is 11.6 Å². The Bertz CT molecular complexity index is 1250. The minimum absolute atomic E-state index is 0.275. The Balaban J connectivity index is 1.74. The van der Waals surface area contributed by atoms with Crippen LogP contribution in [0.4, 0.5) is 17.1 Å². The van der Waals surface area contributed by atoms with E-state index in [1.807, 2.05) is 0 Å². The number of hydrogen-bond donors (Lipinski definition) is 0. The first-order valence-corrected chi connectivity index (χ1v) is 15.2. The Morgan fingerprint density at radius 3 is 2.03 bits per heavy atom. The number of benzene rings is 4. The standard InChI is InChI=1S/C26H22BNSe/c1-29(2)24-17-9-8-16-23(24)28-22-15-7-6-13-20(22)27(19-11-4-3-5-12-19)21-14-10-18-25(29)26(21)28/h3-18H,1-2H3. The fourth-order valence-corrected chi connectivity index (χ4v) is 10.2. The molecule has 29 heavy (non-hydrogen) atoms. The molecule has 0 unspecified atom stereocenters. The van der Waals surface area contributed by atoms with Crippen molar-refractivity contribution in [3.8, 4) is 0 Å². The molecule has 0 aromatic heterocycles. The summed E-state index contributed by atoms with van der Waals surface area (Å²) in [6.45, 7) is 0.275. The van der Waals surface area contributed by atoms with E-state index in [0.717, 1.165) is 0 Å². The van der Waals surface area contributed by atoms with Crippen LogP contribution in [0.1, 0.15) is 0 Å². The van der Waals surface area contributed by atoms with E-state index in [0.29, 0.717) is 0 Å². The summed E-state index contributed by atoms with van der Waals surface area (Å²) < 4.78 is 3.11. The predicted molar refractivity (Wildman–Crippen MR) is 129 cm³/mol. The van der Waals surface area contributed by atoms with Gasteiger partial charge in [-0.05, 0) is 0 Å². The molecule has 6 rings (SSSR count). The molecule has 140 valence electrons. The van der Waals surface area contributed by atoms with Crippen molar-refractivity contribution in [1.29, 1.82) is 0 Å². The maximum atomic E-state index is 2.54. The average Bonchev–Trinajstić information content (AvgIpc) is 2.77. The van der Waals surface area contributed by atoms with Crippen LogP contribution >= 0.6 is 0 Å². The van der Waals surface area contributed by atoms with Gasteiger partial charge in [-0.15, -0.1) is 0 Å². The summed E-state index contributed by atoms with van der Waals surface area (Å²) in [5, 5.41) is 0. The molecule has 2 heterocycles. The van der Waals surface area contributed by atoms with Crippen molar-refractivity contribution in [2.75, 3.05) is 4.90 Å². The van der Waals surface area contributed by atoms with Gasteiger partial charge in [0.15, 0.2) is 0 Å². The Morgan fingerprint density at radius 1 is 0.586 bits per heavy atom. The van der Waals surface area contributed by atoms with Crippen LogP contribution in [0.25, 0.3) is 0 Å². The summed E-state index contributed by atoms with van der Waals surface area (Å²) in [6, 6.07) is 36.0. The zero-order chi connectivity index (χ0) is 19.6. The molecule has 0 radical (unpaired) electrons. The normalized spacial score (nSPS) is 16.5. The van der Waals surface area contributed by atoms with Crippen molar-refractivity contribution < 1.29 is 0 Å². The molecule has 2 aliphatic heterocycles. The Kier molecular flexibility index (Phi) is 3.62. The monoisotopic (exact) mass is 439 g/mol. The quantitative estimate of drug-likeness (QED) is 0.364. The second-order valence-electron chi connectivity index (χ2n) is 8.23. The van der Waals surface area contributed by atoms with Gasteiger partial charge in [0.25, 0.3) is 0 Å². The second-order valence-corrected chi connectivity index (χ2v) is 15.6. The molecule has 0 atom stereocenters. The van der Waals surface area contributed by atoms with Crippen molar-refractivity contribution >= 4 is 61.9 Å². The molecule has 2 aliphatic rings. The predicted octanol–water partition coefficient (Wildman–Crippen LogP) is 3.12. The molecular weight excluding hydrogens is 416 g/mol. The molecule has 0 N–H and O–H groups in total. The molecule has 0 saturated heterocycles. The number of nitrogens with zero attached hydrogens (tertiary/aromatic N) is 1. The van der Waals surface area contributed by atoms with Gasteiger partial charge in [0.1, 0.15) is 0 Å². The van der Waals surface area contributed by atoms with Gasteiger partial charge in [0.2, 0.25) is 0 Å². The number of para-hydroxylation sites is 3. The van der Waals surface area contributed by atoms with Crippen LogP contribution in [0, 0.1) is 0 Å². The summed E-state index contributed by atoms with van der Waals surface area (Å²) in [7, 11) is 0. The van der Waals surface area contributed by atoms with Crippen molar-refractivity contribution in [3.63, 3.8) is 0 Å². The number of hydrogen-bond acceptors (Lipinski definition) is 1. The number of rotatable bonds is 1. The van der Waals surface area contributed by atoms with Gasteiger partial charge < -0.3 is 0 Å². The Morgan fingerprint density at radius 2 is 1.21 bits per heavy atom. The molecule has 0 aliphatic carbocycles. The number of fused-ring (bicyclic) bond motifs is 4. The summed E-state index contributed by atoms with van der Waals surface area (Å²) >= 11 is -2.00. The minimum atomic E-state index is -2.00. The average molecular weight is 438 g/mol. The summed E-state index contributed by atoms with van der Waals surface area (Å²) in [4.78, 5) is 2.54. The van der Waals surface area contributed by atoms with Gasteiger partial charge in [-0.2, -0.15) is 0 Å². The van der Waals surface area contributed by atoms with Crippen LogP contribution in [0.3, 0.4) is 0 Å². The van der Waals surface area contributed by atoms with Crippen LogP contribution in [-0.2, 0) is 0 Å².